The Morgan fingerprint density at radius 1 is 1.16 bits per heavy atom. The Morgan fingerprint density at radius 2 is 1.84 bits per heavy atom. The number of hydrogen-bond donors (Lipinski definition) is 1. The Balaban J connectivity index is 2.40. The average molecular weight is 370 g/mol. The summed E-state index contributed by atoms with van der Waals surface area (Å²) in [5, 5.41) is 19.8. The van der Waals surface area contributed by atoms with Crippen molar-refractivity contribution < 1.29 is 36.0 Å². The normalized spacial score (nSPS) is 10.3. The van der Waals surface area contributed by atoms with Crippen molar-refractivity contribution in [1.82, 2.24) is 0 Å². The molecule has 0 amide bonds. The maximum absolute atomic E-state index is 11.2. The Morgan fingerprint density at radius 3 is 2.42 bits per heavy atom. The number of non-ortho nitro benzene ring substituents is 1. The predicted octanol–water partition coefficient (Wildman–Crippen LogP) is -0.579. The van der Waals surface area contributed by atoms with Crippen LogP contribution in [0.4, 0.5) is 5.69 Å². The van der Waals surface area contributed by atoms with Crippen molar-refractivity contribution in [1.29, 1.82) is 0 Å². The van der Waals surface area contributed by atoms with Gasteiger partial charge in [0.25, 0.3) is 0 Å². The molecule has 19 heavy (non-hydrogen) atoms. The molecule has 0 saturated carbocycles. The first-order chi connectivity index (χ1) is 9.08. The quantitative estimate of drug-likeness (QED) is 0.444. The summed E-state index contributed by atoms with van der Waals surface area (Å²) in [5.74, 6) is -1.13. The summed E-state index contributed by atoms with van der Waals surface area (Å²) in [6, 6.07) is 13.6. The van der Waals surface area contributed by atoms with Crippen LogP contribution in [-0.2, 0) is 0 Å². The molecule has 0 spiro atoms. The second kappa shape index (κ2) is 5.79. The van der Waals surface area contributed by atoms with E-state index in [-0.39, 0.29) is 11.3 Å². The van der Waals surface area contributed by atoms with Gasteiger partial charge in [0.1, 0.15) is 0 Å². The van der Waals surface area contributed by atoms with Gasteiger partial charge in [0.05, 0.1) is 0 Å². The fraction of sp³-hybridized carbons (Fsp3) is 0. The van der Waals surface area contributed by atoms with E-state index in [1.165, 1.54) is 6.07 Å². The van der Waals surface area contributed by atoms with Gasteiger partial charge in [-0.25, -0.2) is 0 Å². The molecule has 0 aliphatic carbocycles. The van der Waals surface area contributed by atoms with Crippen molar-refractivity contribution >= 4 is 11.7 Å². The van der Waals surface area contributed by atoms with Crippen LogP contribution >= 0.6 is 0 Å². The minimum atomic E-state index is -1.13. The number of carboxylic acids is 1. The fourth-order valence-corrected chi connectivity index (χ4v) is 3.95. The van der Waals surface area contributed by atoms with Crippen LogP contribution in [0.1, 0.15) is 10.4 Å². The number of nitro groups is 1. The van der Waals surface area contributed by atoms with E-state index < -0.39 is 32.1 Å². The summed E-state index contributed by atoms with van der Waals surface area (Å²) in [6.45, 7) is 0. The molecule has 0 atom stereocenters. The second-order valence-corrected chi connectivity index (χ2v) is 6.56. The zero-order chi connectivity index (χ0) is 13.8. The third-order valence-corrected chi connectivity index (χ3v) is 5.20. The van der Waals surface area contributed by atoms with Crippen LogP contribution in [0, 0.1) is 17.3 Å². The molecule has 0 heterocycles. The van der Waals surface area contributed by atoms with E-state index in [1.807, 2.05) is 30.3 Å². The van der Waals surface area contributed by atoms with Crippen LogP contribution in [0.2, 0.25) is 0 Å². The van der Waals surface area contributed by atoms with E-state index in [4.69, 9.17) is 5.11 Å². The van der Waals surface area contributed by atoms with Gasteiger partial charge in [0.2, 0.25) is 0 Å². The molecule has 0 aromatic heterocycles. The third-order valence-electron chi connectivity index (χ3n) is 2.34. The molecule has 0 fully saturated rings. The predicted molar refractivity (Wildman–Crippen MR) is 63.9 cm³/mol. The standard InChI is InChI=1S/C13H9INO4/c16-13(17)11-8-10(15(18)19)6-7-12(11)14-9-4-2-1-3-5-9/h1-8H,(H,16,17)/q-1. The summed E-state index contributed by atoms with van der Waals surface area (Å²) in [5.41, 5.74) is -0.177. The molecule has 0 radical (unpaired) electrons. The van der Waals surface area contributed by atoms with Gasteiger partial charge in [0.15, 0.2) is 0 Å². The Bertz CT molecular complexity index is 628. The number of nitro benzene ring substituents is 1. The molecule has 0 aliphatic heterocycles. The van der Waals surface area contributed by atoms with E-state index >= 15 is 0 Å². The molecule has 0 saturated heterocycles. The summed E-state index contributed by atoms with van der Waals surface area (Å²) in [6.07, 6.45) is 0. The second-order valence-electron chi connectivity index (χ2n) is 3.62. The van der Waals surface area contributed by atoms with Gasteiger partial charge in [-0.05, 0) is 0 Å². The number of aromatic carboxylic acids is 1. The molecule has 0 aliphatic rings. The summed E-state index contributed by atoms with van der Waals surface area (Å²) in [7, 11) is 0. The van der Waals surface area contributed by atoms with E-state index in [0.717, 1.165) is 9.64 Å². The van der Waals surface area contributed by atoms with Crippen LogP contribution in [0.5, 0.6) is 0 Å². The topological polar surface area (TPSA) is 80.4 Å². The van der Waals surface area contributed by atoms with E-state index in [9.17, 15) is 14.9 Å². The molecular formula is C13H9INO4-. The molecule has 2 aromatic carbocycles. The number of carbonyl (C=O) groups is 1. The summed E-state index contributed by atoms with van der Waals surface area (Å²) in [4.78, 5) is 21.3. The van der Waals surface area contributed by atoms with Crippen molar-refractivity contribution in [3.8, 4) is 0 Å². The maximum atomic E-state index is 11.2. The minimum absolute atomic E-state index is 0.0193. The first-order valence-electron chi connectivity index (χ1n) is 5.29. The van der Waals surface area contributed by atoms with E-state index in [2.05, 4.69) is 0 Å². The van der Waals surface area contributed by atoms with Gasteiger partial charge in [-0.2, -0.15) is 0 Å². The molecular weight excluding hydrogens is 361 g/mol. The zero-order valence-electron chi connectivity index (χ0n) is 9.62. The molecule has 6 heteroatoms. The van der Waals surface area contributed by atoms with Crippen LogP contribution in [0.3, 0.4) is 0 Å². The molecule has 2 aromatic rings. The first-order valence-corrected chi connectivity index (χ1v) is 7.45. The van der Waals surface area contributed by atoms with Gasteiger partial charge in [-0.1, -0.05) is 0 Å². The summed E-state index contributed by atoms with van der Waals surface area (Å²) < 4.78 is 1.74. The van der Waals surface area contributed by atoms with E-state index in [1.54, 1.807) is 6.07 Å². The van der Waals surface area contributed by atoms with Gasteiger partial charge in [0, 0.05) is 0 Å². The van der Waals surface area contributed by atoms with E-state index in [0.29, 0.717) is 3.57 Å². The molecule has 1 N–H and O–H groups in total. The fourth-order valence-electron chi connectivity index (χ4n) is 1.47. The number of rotatable bonds is 4. The van der Waals surface area contributed by atoms with Gasteiger partial charge < -0.3 is 0 Å². The summed E-state index contributed by atoms with van der Waals surface area (Å²) >= 11 is -0.663. The molecule has 98 valence electrons. The van der Waals surface area contributed by atoms with Crippen molar-refractivity contribution in [2.24, 2.45) is 0 Å². The number of hydrogen-bond acceptors (Lipinski definition) is 3. The van der Waals surface area contributed by atoms with Crippen molar-refractivity contribution in [3.63, 3.8) is 0 Å². The van der Waals surface area contributed by atoms with Crippen LogP contribution in [0.25, 0.3) is 0 Å². The van der Waals surface area contributed by atoms with Crippen LogP contribution < -0.4 is 21.2 Å². The van der Waals surface area contributed by atoms with Gasteiger partial charge in [-0.3, -0.25) is 0 Å². The number of benzene rings is 2. The molecule has 2 rings (SSSR count). The molecule has 0 unspecified atom stereocenters. The molecule has 0 bridgehead atoms. The number of halogens is 1. The van der Waals surface area contributed by atoms with Crippen molar-refractivity contribution in [2.45, 2.75) is 0 Å². The van der Waals surface area contributed by atoms with Crippen LogP contribution in [0.15, 0.2) is 48.5 Å². The SMILES string of the molecule is O=C(O)c1cc([N+](=O)[O-])ccc1[I-]c1ccccc1. The third kappa shape index (κ3) is 3.28. The monoisotopic (exact) mass is 370 g/mol. The average Bonchev–Trinajstić information content (AvgIpc) is 2.39. The number of carboxylic acid groups (broad SMARTS) is 1. The van der Waals surface area contributed by atoms with Crippen molar-refractivity contribution in [3.05, 3.63) is 71.3 Å². The molecule has 5 nitrogen and oxygen atoms in total. The zero-order valence-corrected chi connectivity index (χ0v) is 11.8. The Labute approximate surface area is 119 Å². The Kier molecular flexibility index (Phi) is 4.10. The Hall–Kier alpha value is -1.96. The van der Waals surface area contributed by atoms with Crippen molar-refractivity contribution in [2.75, 3.05) is 0 Å². The first kappa shape index (κ1) is 13.5. The van der Waals surface area contributed by atoms with Gasteiger partial charge in [-0.15, -0.1) is 0 Å². The van der Waals surface area contributed by atoms with Gasteiger partial charge >= 0.3 is 119 Å². The van der Waals surface area contributed by atoms with Crippen LogP contribution in [-0.4, -0.2) is 16.0 Å². The number of nitrogens with zero attached hydrogens (tertiary/aromatic N) is 1.